The first-order chi connectivity index (χ1) is 17.0. The molecule has 1 unspecified atom stereocenters. The van der Waals surface area contributed by atoms with Gasteiger partial charge in [-0.25, -0.2) is 9.42 Å². The smallest absolute Gasteiger partial charge is 0.412 e. The van der Waals surface area contributed by atoms with Crippen LogP contribution in [0.25, 0.3) is 11.1 Å². The Kier molecular flexibility index (Phi) is 6.17. The number of carboxylic acids is 1. The minimum Gasteiger partial charge on any atom is -0.481 e. The minimum atomic E-state index is -0.898. The van der Waals surface area contributed by atoms with Gasteiger partial charge in [0.2, 0.25) is 11.5 Å². The monoisotopic (exact) mass is 476 g/mol. The van der Waals surface area contributed by atoms with Crippen LogP contribution in [0.15, 0.2) is 53.2 Å². The number of amides is 2. The maximum absolute atomic E-state index is 13.0. The van der Waals surface area contributed by atoms with Gasteiger partial charge >= 0.3 is 12.1 Å². The second kappa shape index (κ2) is 9.57. The number of ether oxygens (including phenoxy) is 1. The largest absolute Gasteiger partial charge is 0.481 e. The SMILES string of the molecule is O=C(O)CC1CCCN(C(=O)c2nonc2NC(=O)OCC2c3ccccc3-c3ccccc32)C1. The Balaban J connectivity index is 1.23. The lowest BCUT2D eigenvalue weighted by Gasteiger charge is -2.31. The fraction of sp³-hybridized carbons (Fsp3) is 0.320. The lowest BCUT2D eigenvalue weighted by Crippen LogP contribution is -2.41. The molecule has 10 heteroatoms. The summed E-state index contributed by atoms with van der Waals surface area (Å²) in [6, 6.07) is 16.0. The number of hydrogen-bond acceptors (Lipinski definition) is 7. The number of aromatic nitrogens is 2. The van der Waals surface area contributed by atoms with Gasteiger partial charge in [-0.1, -0.05) is 48.5 Å². The molecule has 2 N–H and O–H groups in total. The first-order valence-electron chi connectivity index (χ1n) is 11.5. The van der Waals surface area contributed by atoms with Gasteiger partial charge in [0.05, 0.1) is 0 Å². The maximum Gasteiger partial charge on any atom is 0.412 e. The second-order valence-corrected chi connectivity index (χ2v) is 8.77. The number of nitrogens with one attached hydrogen (secondary N) is 1. The van der Waals surface area contributed by atoms with Crippen molar-refractivity contribution in [3.63, 3.8) is 0 Å². The van der Waals surface area contributed by atoms with Crippen LogP contribution in [0.4, 0.5) is 10.6 Å². The number of carbonyl (C=O) groups is 3. The fourth-order valence-electron chi connectivity index (χ4n) is 4.95. The standard InChI is InChI=1S/C25H24N4O6/c30-21(31)12-15-6-5-11-29(13-15)24(32)22-23(28-35-27-22)26-25(33)34-14-20-18-9-3-1-7-16(18)17-8-2-4-10-19(17)20/h1-4,7-10,15,20H,5-6,11-14H2,(H,30,31)(H,26,28,33). The number of anilines is 1. The number of aliphatic carboxylic acids is 1. The molecule has 180 valence electrons. The lowest BCUT2D eigenvalue weighted by atomic mass is 9.94. The van der Waals surface area contributed by atoms with Crippen LogP contribution < -0.4 is 5.32 Å². The molecule has 1 fully saturated rings. The molecule has 5 rings (SSSR count). The van der Waals surface area contributed by atoms with Gasteiger partial charge in [-0.3, -0.25) is 14.9 Å². The summed E-state index contributed by atoms with van der Waals surface area (Å²) in [4.78, 5) is 38.1. The Bertz CT molecular complexity index is 1230. The zero-order chi connectivity index (χ0) is 24.4. The highest BCUT2D eigenvalue weighted by molar-refractivity contribution is 5.99. The highest BCUT2D eigenvalue weighted by Crippen LogP contribution is 2.44. The van der Waals surface area contributed by atoms with E-state index in [1.165, 1.54) is 4.90 Å². The Hall–Kier alpha value is -4.21. The number of carbonyl (C=O) groups excluding carboxylic acids is 2. The summed E-state index contributed by atoms with van der Waals surface area (Å²) < 4.78 is 10.2. The third kappa shape index (κ3) is 4.59. The van der Waals surface area contributed by atoms with E-state index in [1.807, 2.05) is 36.4 Å². The van der Waals surface area contributed by atoms with Crippen molar-refractivity contribution in [2.45, 2.75) is 25.2 Å². The van der Waals surface area contributed by atoms with Gasteiger partial charge in [0.25, 0.3) is 5.91 Å². The molecule has 2 aromatic carbocycles. The highest BCUT2D eigenvalue weighted by atomic mass is 16.6. The summed E-state index contributed by atoms with van der Waals surface area (Å²) in [5.74, 6) is -1.75. The summed E-state index contributed by atoms with van der Waals surface area (Å²) >= 11 is 0. The molecule has 1 saturated heterocycles. The number of rotatable bonds is 6. The van der Waals surface area contributed by atoms with Crippen LogP contribution in [0, 0.1) is 5.92 Å². The third-order valence-electron chi connectivity index (χ3n) is 6.52. The van der Waals surface area contributed by atoms with E-state index in [2.05, 4.69) is 27.8 Å². The zero-order valence-electron chi connectivity index (χ0n) is 18.8. The highest BCUT2D eigenvalue weighted by Gasteiger charge is 2.32. The number of carboxylic acid groups (broad SMARTS) is 1. The number of piperidine rings is 1. The molecule has 3 aromatic rings. The van der Waals surface area contributed by atoms with Crippen molar-refractivity contribution in [1.29, 1.82) is 0 Å². The summed E-state index contributed by atoms with van der Waals surface area (Å²) in [5, 5.41) is 18.8. The molecule has 2 heterocycles. The second-order valence-electron chi connectivity index (χ2n) is 8.77. The average Bonchev–Trinajstić information content (AvgIpc) is 3.44. The fourth-order valence-corrected chi connectivity index (χ4v) is 4.95. The van der Waals surface area contributed by atoms with E-state index in [0.717, 1.165) is 28.7 Å². The van der Waals surface area contributed by atoms with Crippen molar-refractivity contribution in [3.8, 4) is 11.1 Å². The Morgan fingerprint density at radius 3 is 2.43 bits per heavy atom. The zero-order valence-corrected chi connectivity index (χ0v) is 18.8. The van der Waals surface area contributed by atoms with E-state index in [0.29, 0.717) is 19.5 Å². The van der Waals surface area contributed by atoms with Gasteiger partial charge in [0.1, 0.15) is 6.61 Å². The predicted octanol–water partition coefficient (Wildman–Crippen LogP) is 3.76. The normalized spacial score (nSPS) is 16.9. The molecule has 1 atom stereocenters. The molecule has 0 bridgehead atoms. The molecule has 35 heavy (non-hydrogen) atoms. The molecular weight excluding hydrogens is 452 g/mol. The van der Waals surface area contributed by atoms with E-state index in [4.69, 9.17) is 14.5 Å². The van der Waals surface area contributed by atoms with E-state index in [1.54, 1.807) is 0 Å². The molecule has 10 nitrogen and oxygen atoms in total. The van der Waals surface area contributed by atoms with Crippen molar-refractivity contribution >= 4 is 23.8 Å². The van der Waals surface area contributed by atoms with Crippen LogP contribution in [0.1, 0.15) is 46.8 Å². The summed E-state index contributed by atoms with van der Waals surface area (Å²) in [6.07, 6.45) is 0.632. The lowest BCUT2D eigenvalue weighted by molar-refractivity contribution is -0.138. The van der Waals surface area contributed by atoms with Gasteiger partial charge < -0.3 is 14.7 Å². The van der Waals surface area contributed by atoms with Crippen LogP contribution in [0.2, 0.25) is 0 Å². The number of hydrogen-bond donors (Lipinski definition) is 2. The number of benzene rings is 2. The van der Waals surface area contributed by atoms with Crippen LogP contribution in [-0.4, -0.2) is 58.0 Å². The first-order valence-corrected chi connectivity index (χ1v) is 11.5. The van der Waals surface area contributed by atoms with Crippen molar-refractivity contribution in [2.75, 3.05) is 25.0 Å². The molecule has 2 aliphatic rings. The summed E-state index contributed by atoms with van der Waals surface area (Å²) in [7, 11) is 0. The maximum atomic E-state index is 13.0. The molecule has 2 amide bonds. The number of fused-ring (bicyclic) bond motifs is 3. The molecule has 1 aromatic heterocycles. The molecule has 1 aliphatic heterocycles. The van der Waals surface area contributed by atoms with Gasteiger partial charge in [0.15, 0.2) is 0 Å². The number of nitrogens with zero attached hydrogens (tertiary/aromatic N) is 3. The quantitative estimate of drug-likeness (QED) is 0.549. The van der Waals surface area contributed by atoms with Gasteiger partial charge in [-0.05, 0) is 51.3 Å². The van der Waals surface area contributed by atoms with Crippen molar-refractivity contribution in [2.24, 2.45) is 5.92 Å². The molecular formula is C25H24N4O6. The molecule has 0 radical (unpaired) electrons. The van der Waals surface area contributed by atoms with E-state index >= 15 is 0 Å². The van der Waals surface area contributed by atoms with Crippen LogP contribution in [0.3, 0.4) is 0 Å². The average molecular weight is 476 g/mol. The number of likely N-dealkylation sites (tertiary alicyclic amines) is 1. The van der Waals surface area contributed by atoms with Gasteiger partial charge in [-0.15, -0.1) is 0 Å². The minimum absolute atomic E-state index is 0.00823. The van der Waals surface area contributed by atoms with Gasteiger partial charge in [-0.2, -0.15) is 0 Å². The first kappa shape index (κ1) is 22.6. The topological polar surface area (TPSA) is 135 Å². The van der Waals surface area contributed by atoms with Gasteiger partial charge in [0, 0.05) is 25.4 Å². The van der Waals surface area contributed by atoms with E-state index in [-0.39, 0.29) is 36.4 Å². The van der Waals surface area contributed by atoms with Crippen LogP contribution in [-0.2, 0) is 9.53 Å². The molecule has 1 aliphatic carbocycles. The predicted molar refractivity (Wildman–Crippen MR) is 124 cm³/mol. The Morgan fingerprint density at radius 1 is 1.06 bits per heavy atom. The van der Waals surface area contributed by atoms with E-state index < -0.39 is 18.0 Å². The van der Waals surface area contributed by atoms with Crippen molar-refractivity contribution in [3.05, 3.63) is 65.4 Å². The summed E-state index contributed by atoms with van der Waals surface area (Å²) in [5.41, 5.74) is 4.26. The van der Waals surface area contributed by atoms with E-state index in [9.17, 15) is 14.4 Å². The van der Waals surface area contributed by atoms with Crippen molar-refractivity contribution in [1.82, 2.24) is 15.2 Å². The third-order valence-corrected chi connectivity index (χ3v) is 6.52. The Morgan fingerprint density at radius 2 is 1.74 bits per heavy atom. The Labute approximate surface area is 200 Å². The molecule has 0 saturated carbocycles. The van der Waals surface area contributed by atoms with Crippen molar-refractivity contribution < 1.29 is 28.9 Å². The van der Waals surface area contributed by atoms with Crippen LogP contribution in [0.5, 0.6) is 0 Å². The van der Waals surface area contributed by atoms with Crippen LogP contribution >= 0.6 is 0 Å². The molecule has 0 spiro atoms. The summed E-state index contributed by atoms with van der Waals surface area (Å²) in [6.45, 7) is 0.867.